The molecule has 0 bridgehead atoms. The van der Waals surface area contributed by atoms with Gasteiger partial charge < -0.3 is 16.2 Å². The first-order valence-electron chi connectivity index (χ1n) is 6.86. The first-order chi connectivity index (χ1) is 9.15. The maximum atomic E-state index is 11.0. The van der Waals surface area contributed by atoms with Crippen molar-refractivity contribution in [3.05, 3.63) is 34.9 Å². The number of aliphatic hydroxyl groups excluding tert-OH is 1. The summed E-state index contributed by atoms with van der Waals surface area (Å²) >= 11 is 0. The van der Waals surface area contributed by atoms with Crippen LogP contribution in [0.5, 0.6) is 0 Å². The van der Waals surface area contributed by atoms with Gasteiger partial charge in [0.15, 0.2) is 0 Å². The van der Waals surface area contributed by atoms with E-state index in [-0.39, 0.29) is 5.91 Å². The molecule has 1 amide bonds. The molecule has 0 fully saturated rings. The summed E-state index contributed by atoms with van der Waals surface area (Å²) in [6.07, 6.45) is 4.25. The van der Waals surface area contributed by atoms with Crippen LogP contribution in [0.15, 0.2) is 18.2 Å². The van der Waals surface area contributed by atoms with Gasteiger partial charge in [-0.15, -0.1) is 0 Å². The zero-order valence-corrected chi connectivity index (χ0v) is 11.6. The largest absolute Gasteiger partial charge is 0.396 e. The lowest BCUT2D eigenvalue weighted by molar-refractivity contribution is 0.1000. The fourth-order valence-electron chi connectivity index (χ4n) is 1.99. The highest BCUT2D eigenvalue weighted by atomic mass is 16.2. The van der Waals surface area contributed by atoms with E-state index in [1.54, 1.807) is 6.07 Å². The summed E-state index contributed by atoms with van der Waals surface area (Å²) in [6, 6.07) is 5.56. The van der Waals surface area contributed by atoms with Crippen LogP contribution in [0, 0.1) is 6.92 Å². The predicted octanol–water partition coefficient (Wildman–Crippen LogP) is 1.74. The number of aliphatic hydroxyl groups is 1. The summed E-state index contributed by atoms with van der Waals surface area (Å²) in [5, 5.41) is 12.1. The van der Waals surface area contributed by atoms with Crippen LogP contribution in [-0.4, -0.2) is 24.2 Å². The Labute approximate surface area is 115 Å². The summed E-state index contributed by atoms with van der Waals surface area (Å²) in [7, 11) is 0. The number of nitrogens with two attached hydrogens (primary N) is 1. The molecule has 1 rings (SSSR count). The third-order valence-corrected chi connectivity index (χ3v) is 3.20. The second kappa shape index (κ2) is 8.67. The number of primary amides is 1. The lowest BCUT2D eigenvalue weighted by atomic mass is 10.0. The molecule has 0 heterocycles. The monoisotopic (exact) mass is 264 g/mol. The van der Waals surface area contributed by atoms with Crippen LogP contribution in [0.1, 0.15) is 47.2 Å². The quantitative estimate of drug-likeness (QED) is 0.595. The van der Waals surface area contributed by atoms with E-state index < -0.39 is 0 Å². The average Bonchev–Trinajstić information content (AvgIpc) is 2.39. The number of carbonyl (C=O) groups is 1. The minimum Gasteiger partial charge on any atom is -0.396 e. The van der Waals surface area contributed by atoms with Crippen molar-refractivity contribution >= 4 is 5.91 Å². The van der Waals surface area contributed by atoms with Crippen LogP contribution in [0.3, 0.4) is 0 Å². The van der Waals surface area contributed by atoms with E-state index in [9.17, 15) is 4.79 Å². The smallest absolute Gasteiger partial charge is 0.248 e. The maximum Gasteiger partial charge on any atom is 0.248 e. The van der Waals surface area contributed by atoms with Crippen LogP contribution in [0.25, 0.3) is 0 Å². The minimum absolute atomic E-state index is 0.291. The van der Waals surface area contributed by atoms with Crippen LogP contribution in [0.4, 0.5) is 0 Å². The lowest BCUT2D eigenvalue weighted by Gasteiger charge is -2.09. The Kier molecular flexibility index (Phi) is 7.15. The molecule has 1 aromatic carbocycles. The molecule has 0 atom stereocenters. The minimum atomic E-state index is -0.383. The van der Waals surface area contributed by atoms with Gasteiger partial charge in [0.25, 0.3) is 0 Å². The first-order valence-corrected chi connectivity index (χ1v) is 6.86. The summed E-state index contributed by atoms with van der Waals surface area (Å²) in [4.78, 5) is 11.0. The molecule has 19 heavy (non-hydrogen) atoms. The summed E-state index contributed by atoms with van der Waals surface area (Å²) in [5.74, 6) is -0.383. The molecule has 0 aliphatic heterocycles. The summed E-state index contributed by atoms with van der Waals surface area (Å²) in [6.45, 7) is 4.07. The number of amides is 1. The van der Waals surface area contributed by atoms with Crippen LogP contribution >= 0.6 is 0 Å². The Bertz CT molecular complexity index is 405. The second-order valence-electron chi connectivity index (χ2n) is 4.82. The molecule has 0 unspecified atom stereocenters. The number of rotatable bonds is 9. The normalized spacial score (nSPS) is 10.6. The molecule has 4 heteroatoms. The molecule has 0 radical (unpaired) electrons. The van der Waals surface area contributed by atoms with E-state index >= 15 is 0 Å². The Balaban J connectivity index is 2.28. The summed E-state index contributed by atoms with van der Waals surface area (Å²) in [5.41, 5.74) is 8.08. The molecule has 106 valence electrons. The third-order valence-electron chi connectivity index (χ3n) is 3.20. The van der Waals surface area contributed by atoms with E-state index in [1.165, 1.54) is 5.56 Å². The Morgan fingerprint density at radius 3 is 2.63 bits per heavy atom. The molecule has 0 aliphatic rings. The average molecular weight is 264 g/mol. The van der Waals surface area contributed by atoms with E-state index in [0.29, 0.717) is 12.2 Å². The van der Waals surface area contributed by atoms with Gasteiger partial charge in [-0.1, -0.05) is 18.9 Å². The van der Waals surface area contributed by atoms with Gasteiger partial charge in [0.1, 0.15) is 0 Å². The standard InChI is InChI=1S/C15H24N2O2/c1-12-10-13(15(16)19)6-7-14(12)11-17-8-4-2-3-5-9-18/h6-7,10,17-18H,2-5,8-9,11H2,1H3,(H2,16,19). The van der Waals surface area contributed by atoms with Crippen molar-refractivity contribution in [3.63, 3.8) is 0 Å². The van der Waals surface area contributed by atoms with Crippen molar-refractivity contribution in [2.75, 3.05) is 13.2 Å². The maximum absolute atomic E-state index is 11.0. The van der Waals surface area contributed by atoms with E-state index in [1.807, 2.05) is 19.1 Å². The van der Waals surface area contributed by atoms with Gasteiger partial charge in [0.05, 0.1) is 0 Å². The number of benzene rings is 1. The number of hydrogen-bond acceptors (Lipinski definition) is 3. The van der Waals surface area contributed by atoms with E-state index in [0.717, 1.165) is 44.3 Å². The molecule has 4 nitrogen and oxygen atoms in total. The molecule has 1 aromatic rings. The number of nitrogens with one attached hydrogen (secondary N) is 1. The first kappa shape index (κ1) is 15.7. The zero-order valence-electron chi connectivity index (χ0n) is 11.6. The van der Waals surface area contributed by atoms with Crippen molar-refractivity contribution in [1.29, 1.82) is 0 Å². The van der Waals surface area contributed by atoms with Gasteiger partial charge >= 0.3 is 0 Å². The Morgan fingerprint density at radius 2 is 2.00 bits per heavy atom. The van der Waals surface area contributed by atoms with Gasteiger partial charge in [-0.25, -0.2) is 0 Å². The fourth-order valence-corrected chi connectivity index (χ4v) is 1.99. The molecule has 4 N–H and O–H groups in total. The third kappa shape index (κ3) is 5.85. The van der Waals surface area contributed by atoms with E-state index in [4.69, 9.17) is 10.8 Å². The van der Waals surface area contributed by atoms with Gasteiger partial charge in [-0.3, -0.25) is 4.79 Å². The highest BCUT2D eigenvalue weighted by Crippen LogP contribution is 2.10. The van der Waals surface area contributed by atoms with Crippen LogP contribution in [-0.2, 0) is 6.54 Å². The second-order valence-corrected chi connectivity index (χ2v) is 4.82. The van der Waals surface area contributed by atoms with Gasteiger partial charge in [0, 0.05) is 18.7 Å². The van der Waals surface area contributed by atoms with Crippen molar-refractivity contribution in [2.45, 2.75) is 39.2 Å². The highest BCUT2D eigenvalue weighted by Gasteiger charge is 2.03. The van der Waals surface area contributed by atoms with Crippen molar-refractivity contribution in [3.8, 4) is 0 Å². The number of aryl methyl sites for hydroxylation is 1. The molecular formula is C15H24N2O2. The Morgan fingerprint density at radius 1 is 1.26 bits per heavy atom. The predicted molar refractivity (Wildman–Crippen MR) is 77.0 cm³/mol. The summed E-state index contributed by atoms with van der Waals surface area (Å²) < 4.78 is 0. The zero-order chi connectivity index (χ0) is 14.1. The SMILES string of the molecule is Cc1cc(C(N)=O)ccc1CNCCCCCCO. The van der Waals surface area contributed by atoms with Crippen LogP contribution in [0.2, 0.25) is 0 Å². The lowest BCUT2D eigenvalue weighted by Crippen LogP contribution is -2.16. The molecule has 0 aliphatic carbocycles. The van der Waals surface area contributed by atoms with Gasteiger partial charge in [0.2, 0.25) is 5.91 Å². The fraction of sp³-hybridized carbons (Fsp3) is 0.533. The number of hydrogen-bond donors (Lipinski definition) is 3. The van der Waals surface area contributed by atoms with Crippen molar-refractivity contribution in [1.82, 2.24) is 5.32 Å². The molecule has 0 aromatic heterocycles. The van der Waals surface area contributed by atoms with Gasteiger partial charge in [-0.2, -0.15) is 0 Å². The number of unbranched alkanes of at least 4 members (excludes halogenated alkanes) is 3. The topological polar surface area (TPSA) is 75.4 Å². The van der Waals surface area contributed by atoms with E-state index in [2.05, 4.69) is 5.32 Å². The Hall–Kier alpha value is -1.39. The van der Waals surface area contributed by atoms with Crippen molar-refractivity contribution in [2.24, 2.45) is 5.73 Å². The highest BCUT2D eigenvalue weighted by molar-refractivity contribution is 5.93. The van der Waals surface area contributed by atoms with Gasteiger partial charge in [-0.05, 0) is 49.6 Å². The molecular weight excluding hydrogens is 240 g/mol. The van der Waals surface area contributed by atoms with Crippen LogP contribution < -0.4 is 11.1 Å². The molecule has 0 saturated heterocycles. The number of carbonyl (C=O) groups excluding carboxylic acids is 1. The molecule has 0 spiro atoms. The molecule has 0 saturated carbocycles. The van der Waals surface area contributed by atoms with Crippen molar-refractivity contribution < 1.29 is 9.90 Å².